The van der Waals surface area contributed by atoms with Gasteiger partial charge in [-0.25, -0.2) is 4.68 Å². The topological polar surface area (TPSA) is 76.8 Å². The first-order valence-corrected chi connectivity index (χ1v) is 4.88. The van der Waals surface area contributed by atoms with Gasteiger partial charge in [-0.1, -0.05) is 5.18 Å². The number of fused-ring (bicyclic) bond motifs is 1. The minimum atomic E-state index is -0.310. The van der Waals surface area contributed by atoms with Crippen molar-refractivity contribution in [3.05, 3.63) is 20.8 Å². The Morgan fingerprint density at radius 1 is 1.50 bits per heavy atom. The minimum absolute atomic E-state index is 0.161. The highest BCUT2D eigenvalue weighted by Gasteiger charge is 2.24. The smallest absolute Gasteiger partial charge is 0.274 e. The summed E-state index contributed by atoms with van der Waals surface area (Å²) in [5.41, 5.74) is 0.606. The Morgan fingerprint density at radius 2 is 2.25 bits per heavy atom. The lowest BCUT2D eigenvalue weighted by molar-refractivity contribution is 0.288. The predicted molar refractivity (Wildman–Crippen MR) is 57.7 cm³/mol. The van der Waals surface area contributed by atoms with Crippen LogP contribution in [-0.4, -0.2) is 30.0 Å². The predicted octanol–water partition coefficient (Wildman–Crippen LogP) is -0.125. The van der Waals surface area contributed by atoms with Crippen LogP contribution in [0, 0.1) is 4.91 Å². The van der Waals surface area contributed by atoms with E-state index in [4.69, 9.17) is 4.74 Å². The molecule has 0 amide bonds. The van der Waals surface area contributed by atoms with Crippen molar-refractivity contribution >= 4 is 5.69 Å². The SMILES string of the molecule is CN1CCOc2nn(C)c(=O)c(CN=O)c21. The molecule has 1 aromatic rings. The Labute approximate surface area is 91.6 Å². The van der Waals surface area contributed by atoms with Crippen LogP contribution >= 0.6 is 0 Å². The zero-order valence-corrected chi connectivity index (χ0v) is 9.13. The van der Waals surface area contributed by atoms with Gasteiger partial charge in [0.15, 0.2) is 0 Å². The zero-order valence-electron chi connectivity index (χ0n) is 9.13. The molecular formula is C9H12N4O3. The normalized spacial score (nSPS) is 14.2. The second kappa shape index (κ2) is 3.92. The summed E-state index contributed by atoms with van der Waals surface area (Å²) in [7, 11) is 3.35. The van der Waals surface area contributed by atoms with Crippen molar-refractivity contribution < 1.29 is 4.74 Å². The van der Waals surface area contributed by atoms with Gasteiger partial charge in [0.05, 0.1) is 12.1 Å². The summed E-state index contributed by atoms with van der Waals surface area (Å²) in [6.07, 6.45) is 0. The van der Waals surface area contributed by atoms with Crippen LogP contribution < -0.4 is 15.2 Å². The summed E-state index contributed by atoms with van der Waals surface area (Å²) in [5, 5.41) is 6.78. The van der Waals surface area contributed by atoms with Gasteiger partial charge in [0, 0.05) is 14.1 Å². The number of hydrogen-bond acceptors (Lipinski definition) is 6. The fraction of sp³-hybridized carbons (Fsp3) is 0.556. The number of aromatic nitrogens is 2. The molecule has 1 aromatic heterocycles. The summed E-state index contributed by atoms with van der Waals surface area (Å²) < 4.78 is 6.53. The maximum Gasteiger partial charge on any atom is 0.274 e. The van der Waals surface area contributed by atoms with E-state index in [0.717, 1.165) is 0 Å². The van der Waals surface area contributed by atoms with Crippen LogP contribution in [0.2, 0.25) is 0 Å². The van der Waals surface area contributed by atoms with E-state index in [0.29, 0.717) is 30.3 Å². The van der Waals surface area contributed by atoms with Crippen molar-refractivity contribution in [1.29, 1.82) is 0 Å². The third kappa shape index (κ3) is 1.54. The van der Waals surface area contributed by atoms with Crippen molar-refractivity contribution in [1.82, 2.24) is 9.78 Å². The van der Waals surface area contributed by atoms with Crippen LogP contribution in [-0.2, 0) is 13.6 Å². The number of aryl methyl sites for hydroxylation is 1. The Morgan fingerprint density at radius 3 is 2.94 bits per heavy atom. The third-order valence-electron chi connectivity index (χ3n) is 2.55. The fourth-order valence-electron chi connectivity index (χ4n) is 1.74. The highest BCUT2D eigenvalue weighted by Crippen LogP contribution is 2.30. The molecular weight excluding hydrogens is 212 g/mol. The van der Waals surface area contributed by atoms with Crippen molar-refractivity contribution in [3.8, 4) is 5.88 Å². The number of rotatable bonds is 2. The molecule has 1 aliphatic heterocycles. The van der Waals surface area contributed by atoms with E-state index < -0.39 is 0 Å². The number of likely N-dealkylation sites (N-methyl/N-ethyl adjacent to an activating group) is 1. The minimum Gasteiger partial charge on any atom is -0.473 e. The molecule has 0 N–H and O–H groups in total. The van der Waals surface area contributed by atoms with Gasteiger partial charge >= 0.3 is 0 Å². The van der Waals surface area contributed by atoms with Crippen LogP contribution in [0.25, 0.3) is 0 Å². The van der Waals surface area contributed by atoms with Crippen LogP contribution in [0.3, 0.4) is 0 Å². The van der Waals surface area contributed by atoms with E-state index in [-0.39, 0.29) is 12.1 Å². The van der Waals surface area contributed by atoms with Gasteiger partial charge in [-0.05, 0) is 0 Å². The first kappa shape index (κ1) is 10.6. The van der Waals surface area contributed by atoms with Crippen LogP contribution in [0.15, 0.2) is 9.97 Å². The molecule has 0 bridgehead atoms. The van der Waals surface area contributed by atoms with E-state index in [2.05, 4.69) is 10.3 Å². The summed E-state index contributed by atoms with van der Waals surface area (Å²) in [5.74, 6) is 0.384. The van der Waals surface area contributed by atoms with E-state index in [9.17, 15) is 9.70 Å². The van der Waals surface area contributed by atoms with Gasteiger partial charge in [0.25, 0.3) is 11.4 Å². The maximum absolute atomic E-state index is 11.8. The molecule has 0 saturated heterocycles. The molecule has 0 radical (unpaired) electrons. The molecule has 16 heavy (non-hydrogen) atoms. The lowest BCUT2D eigenvalue weighted by Crippen LogP contribution is -2.35. The van der Waals surface area contributed by atoms with Gasteiger partial charge < -0.3 is 9.64 Å². The largest absolute Gasteiger partial charge is 0.473 e. The maximum atomic E-state index is 11.8. The summed E-state index contributed by atoms with van der Waals surface area (Å²) in [4.78, 5) is 24.0. The Kier molecular flexibility index (Phi) is 2.59. The molecule has 2 heterocycles. The lowest BCUT2D eigenvalue weighted by Gasteiger charge is -2.28. The van der Waals surface area contributed by atoms with Crippen LogP contribution in [0.1, 0.15) is 5.56 Å². The van der Waals surface area contributed by atoms with Crippen molar-refractivity contribution in [3.63, 3.8) is 0 Å². The molecule has 0 atom stereocenters. The Bertz CT molecular complexity index is 482. The third-order valence-corrected chi connectivity index (χ3v) is 2.55. The van der Waals surface area contributed by atoms with Gasteiger partial charge in [-0.2, -0.15) is 4.91 Å². The standard InChI is InChI=1S/C9H12N4O3/c1-12-3-4-16-8-7(12)6(5-10-15)9(14)13(2)11-8/h3-5H2,1-2H3. The molecule has 0 fully saturated rings. The molecule has 1 aliphatic rings. The molecule has 86 valence electrons. The number of ether oxygens (including phenoxy) is 1. The molecule has 7 nitrogen and oxygen atoms in total. The van der Waals surface area contributed by atoms with Gasteiger partial charge in [0.2, 0.25) is 0 Å². The monoisotopic (exact) mass is 224 g/mol. The Balaban J connectivity index is 2.68. The second-order valence-corrected chi connectivity index (χ2v) is 3.62. The summed E-state index contributed by atoms with van der Waals surface area (Å²) in [6, 6.07) is 0. The van der Waals surface area contributed by atoms with Crippen molar-refractivity contribution in [2.75, 3.05) is 25.1 Å². The number of hydrogen-bond donors (Lipinski definition) is 0. The molecule has 0 aliphatic carbocycles. The molecule has 2 rings (SSSR count). The summed E-state index contributed by atoms with van der Waals surface area (Å²) in [6.45, 7) is 1.02. The number of nitrogens with zero attached hydrogens (tertiary/aromatic N) is 4. The van der Waals surface area contributed by atoms with E-state index in [1.807, 2.05) is 11.9 Å². The highest BCUT2D eigenvalue weighted by atomic mass is 16.5. The molecule has 0 unspecified atom stereocenters. The summed E-state index contributed by atoms with van der Waals surface area (Å²) >= 11 is 0. The number of anilines is 1. The zero-order chi connectivity index (χ0) is 11.7. The molecule has 7 heteroatoms. The molecule has 0 saturated carbocycles. The van der Waals surface area contributed by atoms with Crippen LogP contribution in [0.5, 0.6) is 5.88 Å². The van der Waals surface area contributed by atoms with E-state index in [1.165, 1.54) is 11.7 Å². The average Bonchev–Trinajstić information content (AvgIpc) is 2.25. The number of nitroso groups, excluding NO2 is 1. The van der Waals surface area contributed by atoms with Gasteiger partial charge in [-0.3, -0.25) is 4.79 Å². The highest BCUT2D eigenvalue weighted by molar-refractivity contribution is 5.60. The average molecular weight is 224 g/mol. The van der Waals surface area contributed by atoms with Crippen LogP contribution in [0.4, 0.5) is 5.69 Å². The molecule has 0 aromatic carbocycles. The quantitative estimate of drug-likeness (QED) is 0.654. The second-order valence-electron chi connectivity index (χ2n) is 3.62. The van der Waals surface area contributed by atoms with Crippen molar-refractivity contribution in [2.45, 2.75) is 6.54 Å². The van der Waals surface area contributed by atoms with E-state index >= 15 is 0 Å². The lowest BCUT2D eigenvalue weighted by atomic mass is 10.2. The molecule has 0 spiro atoms. The van der Waals surface area contributed by atoms with E-state index in [1.54, 1.807) is 0 Å². The first-order valence-electron chi connectivity index (χ1n) is 4.88. The van der Waals surface area contributed by atoms with Crippen molar-refractivity contribution in [2.24, 2.45) is 12.2 Å². The first-order chi connectivity index (χ1) is 7.65. The Hall–Kier alpha value is -1.92. The van der Waals surface area contributed by atoms with Gasteiger partial charge in [0.1, 0.15) is 18.8 Å². The van der Waals surface area contributed by atoms with Gasteiger partial charge in [-0.15, -0.1) is 5.10 Å². The fourth-order valence-corrected chi connectivity index (χ4v) is 1.74.